The lowest BCUT2D eigenvalue weighted by atomic mass is 10.0. The normalized spacial score (nSPS) is 15.1. The lowest BCUT2D eigenvalue weighted by Crippen LogP contribution is -2.34. The van der Waals surface area contributed by atoms with E-state index in [-0.39, 0.29) is 23.8 Å². The molecular weight excluding hydrogens is 520 g/mol. The summed E-state index contributed by atoms with van der Waals surface area (Å²) in [6, 6.07) is 17.9. The molecule has 1 heterocycles. The van der Waals surface area contributed by atoms with Gasteiger partial charge in [-0.2, -0.15) is 0 Å². The van der Waals surface area contributed by atoms with E-state index in [1.54, 1.807) is 19.9 Å². The Labute approximate surface area is 241 Å². The Balaban J connectivity index is 1.47. The zero-order valence-electron chi connectivity index (χ0n) is 23.5. The van der Waals surface area contributed by atoms with Gasteiger partial charge >= 0.3 is 5.97 Å². The van der Waals surface area contributed by atoms with E-state index in [4.69, 9.17) is 14.5 Å². The van der Waals surface area contributed by atoms with Crippen molar-refractivity contribution < 1.29 is 19.1 Å². The van der Waals surface area contributed by atoms with Crippen LogP contribution in [0.4, 0.5) is 0 Å². The molecule has 1 aliphatic rings. The number of nitrogens with one attached hydrogen (secondary N) is 1. The molecule has 1 fully saturated rings. The van der Waals surface area contributed by atoms with Crippen molar-refractivity contribution in [2.45, 2.75) is 65.5 Å². The second kappa shape index (κ2) is 14.6. The van der Waals surface area contributed by atoms with Crippen molar-refractivity contribution in [2.24, 2.45) is 5.92 Å². The lowest BCUT2D eigenvalue weighted by Gasteiger charge is -2.19. The number of thiazole rings is 1. The molecule has 3 aromatic rings. The van der Waals surface area contributed by atoms with E-state index in [0.29, 0.717) is 25.2 Å². The van der Waals surface area contributed by atoms with Crippen molar-refractivity contribution in [3.63, 3.8) is 0 Å². The molecule has 1 amide bonds. The Kier molecular flexibility index (Phi) is 10.7. The van der Waals surface area contributed by atoms with Gasteiger partial charge in [-0.05, 0) is 81.0 Å². The number of allylic oxidation sites excluding steroid dienone is 2. The van der Waals surface area contributed by atoms with Crippen LogP contribution in [0.1, 0.15) is 74.3 Å². The first-order chi connectivity index (χ1) is 19.4. The second-order valence-electron chi connectivity index (χ2n) is 10.2. The standard InChI is InChI=1S/C33H38N2O4S/c1-4-38-33(37)24(3)18-23(2)19-28-22-40-32(34-28)30(35-31(36)27-12-8-9-13-27)20-25-14-16-29(17-15-25)39-21-26-10-6-5-7-11-26/h5-7,10-11,14-19,22,27,30H,4,8-9,12-13,20-21H2,1-3H3,(H,35,36)/t30-/m0/s1. The number of nitrogens with zero attached hydrogens (tertiary/aromatic N) is 1. The summed E-state index contributed by atoms with van der Waals surface area (Å²) < 4.78 is 11.0. The van der Waals surface area contributed by atoms with Crippen molar-refractivity contribution in [1.82, 2.24) is 10.3 Å². The molecule has 0 aliphatic heterocycles. The summed E-state index contributed by atoms with van der Waals surface area (Å²) in [5.41, 5.74) is 4.47. The maximum absolute atomic E-state index is 13.1. The van der Waals surface area contributed by atoms with Gasteiger partial charge in [-0.3, -0.25) is 4.79 Å². The van der Waals surface area contributed by atoms with Crippen LogP contribution in [0.15, 0.2) is 77.2 Å². The number of carbonyl (C=O) groups is 2. The van der Waals surface area contributed by atoms with E-state index in [9.17, 15) is 9.59 Å². The number of aromatic nitrogens is 1. The largest absolute Gasteiger partial charge is 0.489 e. The predicted octanol–water partition coefficient (Wildman–Crippen LogP) is 7.23. The van der Waals surface area contributed by atoms with Crippen molar-refractivity contribution >= 4 is 29.3 Å². The summed E-state index contributed by atoms with van der Waals surface area (Å²) >= 11 is 1.54. The number of amides is 1. The third-order valence-corrected chi connectivity index (χ3v) is 7.89. The number of carbonyl (C=O) groups excluding carboxylic acids is 2. The third-order valence-electron chi connectivity index (χ3n) is 6.91. The minimum Gasteiger partial charge on any atom is -0.489 e. The summed E-state index contributed by atoms with van der Waals surface area (Å²) in [5, 5.41) is 6.15. The van der Waals surface area contributed by atoms with Gasteiger partial charge in [0.1, 0.15) is 17.4 Å². The molecule has 0 bridgehead atoms. The minimum absolute atomic E-state index is 0.0776. The number of hydrogen-bond donors (Lipinski definition) is 1. The zero-order chi connectivity index (χ0) is 28.3. The monoisotopic (exact) mass is 558 g/mol. The van der Waals surface area contributed by atoms with Gasteiger partial charge in [-0.1, -0.05) is 55.3 Å². The predicted molar refractivity (Wildman–Crippen MR) is 160 cm³/mol. The Bertz CT molecular complexity index is 1320. The van der Waals surface area contributed by atoms with Crippen LogP contribution < -0.4 is 10.1 Å². The Morgan fingerprint density at radius 2 is 1.77 bits per heavy atom. The molecule has 0 unspecified atom stereocenters. The van der Waals surface area contributed by atoms with Gasteiger partial charge in [-0.25, -0.2) is 9.78 Å². The second-order valence-corrected chi connectivity index (χ2v) is 11.1. The molecular formula is C33H38N2O4S. The summed E-state index contributed by atoms with van der Waals surface area (Å²) in [7, 11) is 0. The van der Waals surface area contributed by atoms with E-state index in [1.807, 2.05) is 60.8 Å². The quantitative estimate of drug-likeness (QED) is 0.144. The highest BCUT2D eigenvalue weighted by Crippen LogP contribution is 2.29. The van der Waals surface area contributed by atoms with E-state index in [0.717, 1.165) is 58.8 Å². The van der Waals surface area contributed by atoms with Gasteiger partial charge in [0.25, 0.3) is 0 Å². The van der Waals surface area contributed by atoms with Gasteiger partial charge in [0.05, 0.1) is 18.3 Å². The summed E-state index contributed by atoms with van der Waals surface area (Å²) in [6.07, 6.45) is 8.49. The van der Waals surface area contributed by atoms with Crippen LogP contribution >= 0.6 is 11.3 Å². The fraction of sp³-hybridized carbons (Fsp3) is 0.364. The maximum Gasteiger partial charge on any atom is 0.333 e. The van der Waals surface area contributed by atoms with E-state index < -0.39 is 0 Å². The Morgan fingerprint density at radius 1 is 1.05 bits per heavy atom. The number of benzene rings is 2. The van der Waals surface area contributed by atoms with Gasteiger partial charge < -0.3 is 14.8 Å². The zero-order valence-corrected chi connectivity index (χ0v) is 24.3. The molecule has 40 heavy (non-hydrogen) atoms. The molecule has 1 atom stereocenters. The fourth-order valence-corrected chi connectivity index (χ4v) is 5.65. The van der Waals surface area contributed by atoms with Gasteiger partial charge in [0.15, 0.2) is 0 Å². The van der Waals surface area contributed by atoms with Gasteiger partial charge in [0.2, 0.25) is 5.91 Å². The first kappa shape index (κ1) is 29.3. The first-order valence-corrected chi connectivity index (χ1v) is 14.8. The average Bonchev–Trinajstić information content (AvgIpc) is 3.66. The highest BCUT2D eigenvalue weighted by Gasteiger charge is 2.26. The number of rotatable bonds is 12. The molecule has 1 N–H and O–H groups in total. The SMILES string of the molecule is CCOC(=O)C(C)=CC(C)=Cc1csc([C@H](Cc2ccc(OCc3ccccc3)cc2)NC(=O)C2CCCC2)n1. The smallest absolute Gasteiger partial charge is 0.333 e. The number of esters is 1. The molecule has 1 saturated carbocycles. The molecule has 210 valence electrons. The third kappa shape index (κ3) is 8.65. The van der Waals surface area contributed by atoms with Crippen LogP contribution in [0, 0.1) is 5.92 Å². The maximum atomic E-state index is 13.1. The molecule has 0 spiro atoms. The summed E-state index contributed by atoms with van der Waals surface area (Å²) in [4.78, 5) is 29.9. The first-order valence-electron chi connectivity index (χ1n) is 14.0. The highest BCUT2D eigenvalue weighted by atomic mass is 32.1. The molecule has 4 rings (SSSR count). The van der Waals surface area contributed by atoms with Crippen LogP contribution in [0.25, 0.3) is 6.08 Å². The lowest BCUT2D eigenvalue weighted by molar-refractivity contribution is -0.138. The summed E-state index contributed by atoms with van der Waals surface area (Å²) in [5.74, 6) is 0.679. The van der Waals surface area contributed by atoms with E-state index >= 15 is 0 Å². The molecule has 1 aliphatic carbocycles. The van der Waals surface area contributed by atoms with E-state index in [2.05, 4.69) is 17.4 Å². The van der Waals surface area contributed by atoms with Crippen molar-refractivity contribution in [3.05, 3.63) is 99.0 Å². The van der Waals surface area contributed by atoms with Crippen LogP contribution in [-0.2, 0) is 27.4 Å². The van der Waals surface area contributed by atoms with Crippen LogP contribution in [0.5, 0.6) is 5.75 Å². The topological polar surface area (TPSA) is 77.5 Å². The highest BCUT2D eigenvalue weighted by molar-refractivity contribution is 7.09. The van der Waals surface area contributed by atoms with Crippen molar-refractivity contribution in [3.8, 4) is 5.75 Å². The molecule has 0 saturated heterocycles. The Morgan fingerprint density at radius 3 is 2.48 bits per heavy atom. The molecule has 6 nitrogen and oxygen atoms in total. The van der Waals surface area contributed by atoms with Crippen LogP contribution in [-0.4, -0.2) is 23.5 Å². The van der Waals surface area contributed by atoms with Crippen LogP contribution in [0.2, 0.25) is 0 Å². The molecule has 7 heteroatoms. The van der Waals surface area contributed by atoms with Crippen molar-refractivity contribution in [1.29, 1.82) is 0 Å². The van der Waals surface area contributed by atoms with Crippen LogP contribution in [0.3, 0.4) is 0 Å². The minimum atomic E-state index is -0.319. The molecule has 0 radical (unpaired) electrons. The van der Waals surface area contributed by atoms with E-state index in [1.165, 1.54) is 11.3 Å². The Hall–Kier alpha value is -3.71. The summed E-state index contributed by atoms with van der Waals surface area (Å²) in [6.45, 7) is 6.33. The van der Waals surface area contributed by atoms with Crippen molar-refractivity contribution in [2.75, 3.05) is 6.61 Å². The van der Waals surface area contributed by atoms with Gasteiger partial charge in [-0.15, -0.1) is 11.3 Å². The molecule has 1 aromatic heterocycles. The average molecular weight is 559 g/mol. The molecule has 2 aromatic carbocycles. The fourth-order valence-electron chi connectivity index (χ4n) is 4.82. The van der Waals surface area contributed by atoms with Gasteiger partial charge in [0, 0.05) is 16.9 Å². The number of hydrogen-bond acceptors (Lipinski definition) is 6. The number of ether oxygens (including phenoxy) is 2.